The molecule has 2 fully saturated rings. The summed E-state index contributed by atoms with van der Waals surface area (Å²) >= 11 is 0. The Balaban J connectivity index is 0.00000144. The van der Waals surface area contributed by atoms with Crippen molar-refractivity contribution in [3.8, 4) is 17.2 Å². The number of nitrogens with two attached hydrogens (primary N) is 1. The van der Waals surface area contributed by atoms with Gasteiger partial charge in [-0.1, -0.05) is 6.42 Å². The van der Waals surface area contributed by atoms with Crippen molar-refractivity contribution in [2.45, 2.75) is 74.6 Å². The van der Waals surface area contributed by atoms with E-state index >= 15 is 0 Å². The number of ether oxygens (including phenoxy) is 2. The molecule has 0 unspecified atom stereocenters. The first kappa shape index (κ1) is 30.1. The Kier molecular flexibility index (Phi) is 9.87. The van der Waals surface area contributed by atoms with E-state index in [0.29, 0.717) is 30.7 Å². The summed E-state index contributed by atoms with van der Waals surface area (Å²) in [5.74, 6) is 1.03. The number of nitrogens with one attached hydrogen (secondary N) is 1. The van der Waals surface area contributed by atoms with E-state index in [2.05, 4.69) is 17.3 Å². The average molecular weight is 555 g/mol. The van der Waals surface area contributed by atoms with Gasteiger partial charge in [0.05, 0.1) is 7.11 Å². The monoisotopic (exact) mass is 553 g/mol. The largest absolute Gasteiger partial charge is 0.504 e. The zero-order valence-electron chi connectivity index (χ0n) is 20.2. The molecule has 2 bridgehead atoms. The molecule has 5 N–H and O–H groups in total. The minimum atomic E-state index is -0.827. The first-order valence-electron chi connectivity index (χ1n) is 11.9. The van der Waals surface area contributed by atoms with Gasteiger partial charge in [0.2, 0.25) is 0 Å². The van der Waals surface area contributed by atoms with E-state index in [1.54, 1.807) is 13.2 Å². The number of nitrogens with zero attached hydrogens (tertiary/aromatic N) is 1. The van der Waals surface area contributed by atoms with E-state index in [1.165, 1.54) is 0 Å². The summed E-state index contributed by atoms with van der Waals surface area (Å²) in [6.07, 6.45) is 5.66. The Bertz CT molecular complexity index is 923. The molecular weight excluding hydrogens is 517 g/mol. The van der Waals surface area contributed by atoms with Crippen molar-refractivity contribution in [3.63, 3.8) is 0 Å². The van der Waals surface area contributed by atoms with Gasteiger partial charge in [0.15, 0.2) is 11.5 Å². The Labute approximate surface area is 225 Å². The molecule has 0 radical (unpaired) electrons. The number of carbonyl (C=O) groups is 1. The number of rotatable bonds is 8. The molecule has 2 aliphatic carbocycles. The number of unbranched alkanes of at least 4 members (excludes halogenated alkanes) is 1. The predicted octanol–water partition coefficient (Wildman–Crippen LogP) is 2.88. The van der Waals surface area contributed by atoms with Gasteiger partial charge in [0, 0.05) is 34.7 Å². The van der Waals surface area contributed by atoms with Gasteiger partial charge in [-0.15, -0.1) is 37.2 Å². The number of methoxy groups -OCH3 is 1. The normalized spacial score (nSPS) is 30.5. The molecular formula is C24H38Cl3N3O5. The van der Waals surface area contributed by atoms with Gasteiger partial charge >= 0.3 is 5.97 Å². The predicted molar refractivity (Wildman–Crippen MR) is 141 cm³/mol. The van der Waals surface area contributed by atoms with E-state index in [-0.39, 0.29) is 60.5 Å². The number of carboxylic acids is 1. The van der Waals surface area contributed by atoms with Crippen molar-refractivity contribution < 1.29 is 24.5 Å². The zero-order valence-corrected chi connectivity index (χ0v) is 22.6. The van der Waals surface area contributed by atoms with Gasteiger partial charge in [-0.2, -0.15) is 0 Å². The number of halogens is 3. The number of carboxylic acid groups (broad SMARTS) is 1. The fourth-order valence-electron chi connectivity index (χ4n) is 7.17. The molecule has 11 heteroatoms. The number of piperidine rings is 1. The van der Waals surface area contributed by atoms with Crippen LogP contribution in [0.15, 0.2) is 6.07 Å². The highest BCUT2D eigenvalue weighted by Gasteiger charge is 2.66. The van der Waals surface area contributed by atoms with E-state index in [0.717, 1.165) is 61.9 Å². The molecule has 0 aromatic heterocycles. The SMILES string of the molecule is COc1cc(O)c2c3c1C[C@@H]1[C@@H]4CC[C@H](N[C@@H](CCCCN)C(=O)O)[C@H](O2)[C@]34CCN1C.Cl.Cl.Cl. The van der Waals surface area contributed by atoms with Crippen LogP contribution in [0, 0.1) is 5.92 Å². The number of hydrogen-bond donors (Lipinski definition) is 4. The maximum Gasteiger partial charge on any atom is 0.320 e. The lowest BCUT2D eigenvalue weighted by atomic mass is 9.51. The molecule has 1 aromatic rings. The molecule has 1 aromatic carbocycles. The number of hydrogen-bond acceptors (Lipinski definition) is 7. The second-order valence-electron chi connectivity index (χ2n) is 9.99. The molecule has 1 spiro atoms. The number of phenols is 1. The van der Waals surface area contributed by atoms with Crippen LogP contribution in [0.1, 0.15) is 49.7 Å². The summed E-state index contributed by atoms with van der Waals surface area (Å²) in [5.41, 5.74) is 7.66. The molecule has 2 aliphatic heterocycles. The topological polar surface area (TPSA) is 117 Å². The number of aliphatic carboxylic acids is 1. The average Bonchev–Trinajstić information content (AvgIpc) is 3.12. The summed E-state index contributed by atoms with van der Waals surface area (Å²) < 4.78 is 12.2. The van der Waals surface area contributed by atoms with Crippen molar-refractivity contribution in [1.29, 1.82) is 0 Å². The summed E-state index contributed by atoms with van der Waals surface area (Å²) in [6, 6.07) is 1.36. The molecule has 6 atom stereocenters. The number of phenolic OH excluding ortho intramolecular Hbond substituents is 1. The minimum absolute atomic E-state index is 0. The van der Waals surface area contributed by atoms with Crippen molar-refractivity contribution in [2.75, 3.05) is 27.2 Å². The standard InChI is InChI=1S/C24H35N3O5.3ClH/c1-27-10-8-24-14-6-7-15(26-16(23(29)30)5-3-4-9-25)22(24)32-21-18(28)12-19(31-2)13(20(21)24)11-17(14)27;;;/h12,14-17,22,26,28H,3-11,25H2,1-2H3,(H,29,30);3*1H/t14-,15-,16-,17+,22-,24-;;;/m0.../s1. The Morgan fingerprint density at radius 3 is 2.74 bits per heavy atom. The Hall–Kier alpha value is -1.16. The van der Waals surface area contributed by atoms with Crippen molar-refractivity contribution in [1.82, 2.24) is 10.2 Å². The highest BCUT2D eigenvalue weighted by atomic mass is 35.5. The van der Waals surface area contributed by atoms with Crippen LogP contribution in [0.3, 0.4) is 0 Å². The first-order chi connectivity index (χ1) is 15.4. The fraction of sp³-hybridized carbons (Fsp3) is 0.708. The summed E-state index contributed by atoms with van der Waals surface area (Å²) in [5, 5.41) is 24.1. The van der Waals surface area contributed by atoms with Gasteiger partial charge in [0.1, 0.15) is 17.9 Å². The smallest absolute Gasteiger partial charge is 0.320 e. The first-order valence-corrected chi connectivity index (χ1v) is 11.9. The lowest BCUT2D eigenvalue weighted by Gasteiger charge is -2.59. The third kappa shape index (κ3) is 4.55. The molecule has 4 aliphatic rings. The third-order valence-electron chi connectivity index (χ3n) is 8.56. The van der Waals surface area contributed by atoms with Gasteiger partial charge < -0.3 is 30.3 Å². The highest BCUT2D eigenvalue weighted by Crippen LogP contribution is 2.65. The van der Waals surface area contributed by atoms with Crippen LogP contribution in [0.5, 0.6) is 17.2 Å². The van der Waals surface area contributed by atoms with Crippen molar-refractivity contribution in [3.05, 3.63) is 17.2 Å². The number of aromatic hydroxyl groups is 1. The Morgan fingerprint density at radius 2 is 2.09 bits per heavy atom. The molecule has 5 rings (SSSR count). The van der Waals surface area contributed by atoms with Crippen LogP contribution in [-0.4, -0.2) is 72.6 Å². The van der Waals surface area contributed by atoms with Crippen LogP contribution in [0.25, 0.3) is 0 Å². The van der Waals surface area contributed by atoms with E-state index in [4.69, 9.17) is 15.2 Å². The molecule has 2 heterocycles. The van der Waals surface area contributed by atoms with Gasteiger partial charge in [0.25, 0.3) is 0 Å². The lowest BCUT2D eigenvalue weighted by molar-refractivity contribution is -0.140. The third-order valence-corrected chi connectivity index (χ3v) is 8.56. The minimum Gasteiger partial charge on any atom is -0.504 e. The zero-order chi connectivity index (χ0) is 22.6. The van der Waals surface area contributed by atoms with E-state index < -0.39 is 12.0 Å². The highest BCUT2D eigenvalue weighted by molar-refractivity contribution is 5.86. The summed E-state index contributed by atoms with van der Waals surface area (Å²) in [7, 11) is 3.85. The number of likely N-dealkylation sites (tertiary alicyclic amines) is 1. The van der Waals surface area contributed by atoms with Gasteiger partial charge in [-0.25, -0.2) is 0 Å². The summed E-state index contributed by atoms with van der Waals surface area (Å²) in [6.45, 7) is 1.53. The fourth-order valence-corrected chi connectivity index (χ4v) is 7.17. The molecule has 1 saturated carbocycles. The second-order valence-corrected chi connectivity index (χ2v) is 9.99. The van der Waals surface area contributed by atoms with Crippen LogP contribution in [-0.2, 0) is 16.6 Å². The number of benzene rings is 1. The number of likely N-dealkylation sites (N-methyl/N-ethyl adjacent to an activating group) is 1. The van der Waals surface area contributed by atoms with Crippen LogP contribution in [0.4, 0.5) is 0 Å². The van der Waals surface area contributed by atoms with Gasteiger partial charge in [-0.3, -0.25) is 10.1 Å². The molecule has 200 valence electrons. The van der Waals surface area contributed by atoms with Crippen LogP contribution >= 0.6 is 37.2 Å². The molecule has 35 heavy (non-hydrogen) atoms. The maximum atomic E-state index is 12.0. The molecule has 0 amide bonds. The maximum absolute atomic E-state index is 12.0. The lowest BCUT2D eigenvalue weighted by Crippen LogP contribution is -2.68. The van der Waals surface area contributed by atoms with Gasteiger partial charge in [-0.05, 0) is 64.6 Å². The quantitative estimate of drug-likeness (QED) is 0.363. The Morgan fingerprint density at radius 1 is 1.34 bits per heavy atom. The van der Waals surface area contributed by atoms with Crippen molar-refractivity contribution in [2.24, 2.45) is 11.7 Å². The second kappa shape index (κ2) is 11.5. The van der Waals surface area contributed by atoms with E-state index in [1.807, 2.05) is 0 Å². The van der Waals surface area contributed by atoms with Crippen LogP contribution in [0.2, 0.25) is 0 Å². The van der Waals surface area contributed by atoms with Crippen LogP contribution < -0.4 is 20.5 Å². The molecule has 1 saturated heterocycles. The molecule has 8 nitrogen and oxygen atoms in total. The van der Waals surface area contributed by atoms with E-state index in [9.17, 15) is 15.0 Å². The van der Waals surface area contributed by atoms with Crippen molar-refractivity contribution >= 4 is 43.2 Å². The summed E-state index contributed by atoms with van der Waals surface area (Å²) in [4.78, 5) is 14.5.